The van der Waals surface area contributed by atoms with Crippen LogP contribution in [-0.4, -0.2) is 31.9 Å². The van der Waals surface area contributed by atoms with Crippen LogP contribution in [-0.2, 0) is 11.2 Å². The SMILES string of the molecule is C[C@H](Sc1n[nH]c(CC2CCCC2)n1)C(=O)NC(C)(C)C. The summed E-state index contributed by atoms with van der Waals surface area (Å²) in [5.41, 5.74) is -0.210. The molecule has 0 bridgehead atoms. The number of hydrogen-bond acceptors (Lipinski definition) is 4. The molecule has 118 valence electrons. The molecule has 0 spiro atoms. The lowest BCUT2D eigenvalue weighted by molar-refractivity contribution is -0.121. The van der Waals surface area contributed by atoms with Crippen LogP contribution >= 0.6 is 11.8 Å². The topological polar surface area (TPSA) is 70.7 Å². The van der Waals surface area contributed by atoms with Crippen LogP contribution in [0.1, 0.15) is 59.2 Å². The Labute approximate surface area is 131 Å². The van der Waals surface area contributed by atoms with Crippen LogP contribution in [0.5, 0.6) is 0 Å². The van der Waals surface area contributed by atoms with Gasteiger partial charge < -0.3 is 5.32 Å². The number of thioether (sulfide) groups is 1. The monoisotopic (exact) mass is 310 g/mol. The van der Waals surface area contributed by atoms with E-state index in [4.69, 9.17) is 0 Å². The van der Waals surface area contributed by atoms with Crippen molar-refractivity contribution in [2.24, 2.45) is 5.92 Å². The minimum Gasteiger partial charge on any atom is -0.351 e. The molecular formula is C15H26N4OS. The third kappa shape index (κ3) is 5.34. The molecule has 1 saturated carbocycles. The Morgan fingerprint density at radius 3 is 2.71 bits per heavy atom. The van der Waals surface area contributed by atoms with Gasteiger partial charge >= 0.3 is 0 Å². The van der Waals surface area contributed by atoms with Crippen LogP contribution in [0.3, 0.4) is 0 Å². The van der Waals surface area contributed by atoms with Gasteiger partial charge in [-0.15, -0.1) is 5.10 Å². The van der Waals surface area contributed by atoms with Crippen LogP contribution < -0.4 is 5.32 Å². The molecule has 1 aliphatic carbocycles. The maximum Gasteiger partial charge on any atom is 0.233 e. The van der Waals surface area contributed by atoms with Gasteiger partial charge in [0.2, 0.25) is 11.1 Å². The number of hydrogen-bond donors (Lipinski definition) is 2. The summed E-state index contributed by atoms with van der Waals surface area (Å²) < 4.78 is 0. The van der Waals surface area contributed by atoms with Gasteiger partial charge in [0.25, 0.3) is 0 Å². The number of nitrogens with zero attached hydrogens (tertiary/aromatic N) is 2. The van der Waals surface area contributed by atoms with Gasteiger partial charge in [0, 0.05) is 12.0 Å². The maximum atomic E-state index is 12.1. The van der Waals surface area contributed by atoms with Gasteiger partial charge in [-0.2, -0.15) is 0 Å². The second-order valence-corrected chi connectivity index (χ2v) is 8.23. The fraction of sp³-hybridized carbons (Fsp3) is 0.800. The number of H-pyrrole nitrogens is 1. The molecule has 1 amide bonds. The van der Waals surface area contributed by atoms with Gasteiger partial charge in [-0.05, 0) is 33.6 Å². The summed E-state index contributed by atoms with van der Waals surface area (Å²) in [7, 11) is 0. The highest BCUT2D eigenvalue weighted by Crippen LogP contribution is 2.28. The zero-order chi connectivity index (χ0) is 15.5. The summed E-state index contributed by atoms with van der Waals surface area (Å²) >= 11 is 1.41. The maximum absolute atomic E-state index is 12.1. The molecule has 1 aliphatic rings. The van der Waals surface area contributed by atoms with E-state index in [1.54, 1.807) is 0 Å². The normalized spacial score (nSPS) is 17.9. The van der Waals surface area contributed by atoms with E-state index in [0.29, 0.717) is 5.16 Å². The number of aromatic nitrogens is 3. The first-order valence-electron chi connectivity index (χ1n) is 7.73. The first-order chi connectivity index (χ1) is 9.83. The first kappa shape index (κ1) is 16.3. The van der Waals surface area contributed by atoms with Crippen molar-refractivity contribution in [2.75, 3.05) is 0 Å². The number of nitrogens with one attached hydrogen (secondary N) is 2. The van der Waals surface area contributed by atoms with Crippen molar-refractivity contribution in [1.82, 2.24) is 20.5 Å². The van der Waals surface area contributed by atoms with Crippen molar-refractivity contribution in [3.05, 3.63) is 5.82 Å². The number of rotatable bonds is 5. The van der Waals surface area contributed by atoms with Crippen molar-refractivity contribution < 1.29 is 4.79 Å². The Morgan fingerprint density at radius 2 is 2.10 bits per heavy atom. The first-order valence-corrected chi connectivity index (χ1v) is 8.61. The predicted octanol–water partition coefficient (Wildman–Crippen LogP) is 2.93. The second-order valence-electron chi connectivity index (χ2n) is 6.92. The summed E-state index contributed by atoms with van der Waals surface area (Å²) in [4.78, 5) is 16.6. The molecule has 6 heteroatoms. The van der Waals surface area contributed by atoms with E-state index in [0.717, 1.165) is 18.2 Å². The van der Waals surface area contributed by atoms with Crippen LogP contribution in [0.15, 0.2) is 5.16 Å². The number of carbonyl (C=O) groups is 1. The fourth-order valence-electron chi connectivity index (χ4n) is 2.59. The molecule has 1 heterocycles. The molecular weight excluding hydrogens is 284 g/mol. The van der Waals surface area contributed by atoms with Gasteiger partial charge in [0.1, 0.15) is 5.82 Å². The third-order valence-electron chi connectivity index (χ3n) is 3.62. The van der Waals surface area contributed by atoms with E-state index < -0.39 is 0 Å². The predicted molar refractivity (Wildman–Crippen MR) is 85.3 cm³/mol. The molecule has 1 fully saturated rings. The Hall–Kier alpha value is -1.04. The molecule has 2 rings (SSSR count). The summed E-state index contributed by atoms with van der Waals surface area (Å²) in [5, 5.41) is 10.7. The van der Waals surface area contributed by atoms with E-state index in [9.17, 15) is 4.79 Å². The van der Waals surface area contributed by atoms with Crippen molar-refractivity contribution in [3.8, 4) is 0 Å². The Bertz CT molecular complexity index is 474. The lowest BCUT2D eigenvalue weighted by Gasteiger charge is -2.22. The Morgan fingerprint density at radius 1 is 1.43 bits per heavy atom. The zero-order valence-electron chi connectivity index (χ0n) is 13.4. The standard InChI is InChI=1S/C15H26N4OS/c1-10(13(20)17-15(2,3)4)21-14-16-12(18-19-14)9-11-7-5-6-8-11/h10-11H,5-9H2,1-4H3,(H,17,20)(H,16,18,19)/t10-/m0/s1. The molecule has 5 nitrogen and oxygen atoms in total. The average Bonchev–Trinajstić information content (AvgIpc) is 2.99. The van der Waals surface area contributed by atoms with Crippen molar-refractivity contribution in [1.29, 1.82) is 0 Å². The van der Waals surface area contributed by atoms with Crippen molar-refractivity contribution >= 4 is 17.7 Å². The van der Waals surface area contributed by atoms with Crippen molar-refractivity contribution in [3.63, 3.8) is 0 Å². The minimum atomic E-state index is -0.210. The van der Waals surface area contributed by atoms with Crippen LogP contribution in [0.2, 0.25) is 0 Å². The molecule has 0 unspecified atom stereocenters. The quantitative estimate of drug-likeness (QED) is 0.820. The van der Waals surface area contributed by atoms with E-state index in [-0.39, 0.29) is 16.7 Å². The highest BCUT2D eigenvalue weighted by Gasteiger charge is 2.22. The summed E-state index contributed by atoms with van der Waals surface area (Å²) in [6.45, 7) is 7.83. The van der Waals surface area contributed by atoms with E-state index >= 15 is 0 Å². The molecule has 0 aromatic carbocycles. The summed E-state index contributed by atoms with van der Waals surface area (Å²) in [6.07, 6.45) is 6.26. The summed E-state index contributed by atoms with van der Waals surface area (Å²) in [5.74, 6) is 1.72. The number of aromatic amines is 1. The van der Waals surface area contributed by atoms with Crippen LogP contribution in [0, 0.1) is 5.92 Å². The zero-order valence-corrected chi connectivity index (χ0v) is 14.2. The van der Waals surface area contributed by atoms with Crippen molar-refractivity contribution in [2.45, 2.75) is 75.7 Å². The summed E-state index contributed by atoms with van der Waals surface area (Å²) in [6, 6.07) is 0. The highest BCUT2D eigenvalue weighted by molar-refractivity contribution is 8.00. The largest absolute Gasteiger partial charge is 0.351 e. The molecule has 0 aliphatic heterocycles. The lowest BCUT2D eigenvalue weighted by Crippen LogP contribution is -2.44. The van der Waals surface area contributed by atoms with Gasteiger partial charge in [0.05, 0.1) is 5.25 Å². The smallest absolute Gasteiger partial charge is 0.233 e. The second kappa shape index (κ2) is 6.81. The highest BCUT2D eigenvalue weighted by atomic mass is 32.2. The average molecular weight is 310 g/mol. The van der Waals surface area contributed by atoms with E-state index in [2.05, 4.69) is 20.5 Å². The Kier molecular flexibility index (Phi) is 5.30. The van der Waals surface area contributed by atoms with Crippen LogP contribution in [0.25, 0.3) is 0 Å². The van der Waals surface area contributed by atoms with E-state index in [1.165, 1.54) is 37.4 Å². The van der Waals surface area contributed by atoms with Gasteiger partial charge in [-0.3, -0.25) is 9.89 Å². The third-order valence-corrected chi connectivity index (χ3v) is 4.58. The molecule has 1 aromatic heterocycles. The lowest BCUT2D eigenvalue weighted by atomic mass is 10.0. The molecule has 2 N–H and O–H groups in total. The number of carbonyl (C=O) groups excluding carboxylic acids is 1. The van der Waals surface area contributed by atoms with Gasteiger partial charge in [-0.1, -0.05) is 37.4 Å². The van der Waals surface area contributed by atoms with Gasteiger partial charge in [0.15, 0.2) is 0 Å². The van der Waals surface area contributed by atoms with E-state index in [1.807, 2.05) is 27.7 Å². The molecule has 21 heavy (non-hydrogen) atoms. The fourth-order valence-corrected chi connectivity index (χ4v) is 3.34. The van der Waals surface area contributed by atoms with Gasteiger partial charge in [-0.25, -0.2) is 4.98 Å². The Balaban J connectivity index is 1.85. The molecule has 0 radical (unpaired) electrons. The minimum absolute atomic E-state index is 0.0228. The molecule has 0 saturated heterocycles. The van der Waals surface area contributed by atoms with Crippen LogP contribution in [0.4, 0.5) is 0 Å². The molecule has 1 aromatic rings. The number of amides is 1. The molecule has 1 atom stereocenters.